The Bertz CT molecular complexity index is 1350. The van der Waals surface area contributed by atoms with Crippen molar-refractivity contribution in [1.29, 1.82) is 0 Å². The normalized spacial score (nSPS) is 29.1. The zero-order chi connectivity index (χ0) is 24.5. The fourth-order valence-electron chi connectivity index (χ4n) is 5.51. The molecule has 5 rings (SSSR count). The average molecular weight is 532 g/mol. The van der Waals surface area contributed by atoms with E-state index < -0.39 is 65.1 Å². The molecule has 0 aromatic heterocycles. The fourth-order valence-corrected chi connectivity index (χ4v) is 9.78. The first-order valence-electron chi connectivity index (χ1n) is 11.1. The van der Waals surface area contributed by atoms with E-state index in [9.17, 15) is 21.2 Å². The highest BCUT2D eigenvalue weighted by molar-refractivity contribution is 7.92. The fraction of sp³-hybridized carbons (Fsp3) is 0.478. The van der Waals surface area contributed by atoms with Crippen LogP contribution in [-0.4, -0.2) is 34.7 Å². The largest absolute Gasteiger partial charge is 0.490 e. The van der Waals surface area contributed by atoms with E-state index in [0.29, 0.717) is 17.9 Å². The molecular formula is C23H24ClF2NO5S2. The maximum Gasteiger partial charge on any atom is 0.214 e. The van der Waals surface area contributed by atoms with Crippen molar-refractivity contribution in [2.75, 3.05) is 6.61 Å². The Morgan fingerprint density at radius 2 is 1.65 bits per heavy atom. The van der Waals surface area contributed by atoms with Crippen molar-refractivity contribution in [3.05, 3.63) is 58.6 Å². The van der Waals surface area contributed by atoms with E-state index in [0.717, 1.165) is 12.1 Å². The Balaban J connectivity index is 1.67. The molecule has 34 heavy (non-hydrogen) atoms. The van der Waals surface area contributed by atoms with Gasteiger partial charge in [-0.25, -0.2) is 30.3 Å². The molecule has 0 spiro atoms. The van der Waals surface area contributed by atoms with Crippen LogP contribution in [0.25, 0.3) is 0 Å². The molecule has 3 aliphatic rings. The molecule has 0 unspecified atom stereocenters. The van der Waals surface area contributed by atoms with Crippen LogP contribution in [0.1, 0.15) is 38.2 Å². The summed E-state index contributed by atoms with van der Waals surface area (Å²) < 4.78 is 90.2. The molecule has 0 saturated heterocycles. The number of hydrogen-bond acceptors (Lipinski definition) is 5. The predicted octanol–water partition coefficient (Wildman–Crippen LogP) is 4.18. The van der Waals surface area contributed by atoms with Crippen molar-refractivity contribution in [1.82, 2.24) is 4.72 Å². The molecule has 2 saturated carbocycles. The van der Waals surface area contributed by atoms with Gasteiger partial charge in [0.05, 0.1) is 22.3 Å². The second-order valence-electron chi connectivity index (χ2n) is 9.36. The molecule has 0 amide bonds. The summed E-state index contributed by atoms with van der Waals surface area (Å²) in [5.41, 5.74) is -0.325. The molecule has 2 aliphatic carbocycles. The van der Waals surface area contributed by atoms with Gasteiger partial charge in [-0.15, -0.1) is 0 Å². The van der Waals surface area contributed by atoms with E-state index in [-0.39, 0.29) is 29.9 Å². The maximum absolute atomic E-state index is 15.3. The number of halogens is 3. The monoisotopic (exact) mass is 531 g/mol. The minimum absolute atomic E-state index is 0.0670. The van der Waals surface area contributed by atoms with Gasteiger partial charge in [0.1, 0.15) is 10.6 Å². The first kappa shape index (κ1) is 24.0. The van der Waals surface area contributed by atoms with E-state index in [4.69, 9.17) is 16.3 Å². The first-order valence-corrected chi connectivity index (χ1v) is 14.5. The summed E-state index contributed by atoms with van der Waals surface area (Å²) in [4.78, 5) is -0.0670. The van der Waals surface area contributed by atoms with Gasteiger partial charge in [-0.1, -0.05) is 18.5 Å². The lowest BCUT2D eigenvalue weighted by atomic mass is 9.66. The third-order valence-corrected chi connectivity index (χ3v) is 12.3. The van der Waals surface area contributed by atoms with Crippen LogP contribution in [0.3, 0.4) is 0 Å². The minimum Gasteiger partial charge on any atom is -0.490 e. The van der Waals surface area contributed by atoms with E-state index in [1.807, 2.05) is 0 Å². The van der Waals surface area contributed by atoms with Crippen LogP contribution in [0.5, 0.6) is 5.75 Å². The van der Waals surface area contributed by atoms with Crippen molar-refractivity contribution in [2.45, 2.75) is 53.5 Å². The Kier molecular flexibility index (Phi) is 5.74. The van der Waals surface area contributed by atoms with Crippen molar-refractivity contribution in [2.24, 2.45) is 11.8 Å². The number of sulfonamides is 1. The molecule has 2 aromatic rings. The standard InChI is InChI=1S/C23H24ClF2NO5S2/c1-13-17-12-32-22-19(26)9-8-18(25)21(22)23(17,33(28,29)15-4-2-14(24)3-5-15)11-10-20(13)27-34(30,31)16-6-7-16/h2-5,8-9,13,16-17,20,27H,6-7,10-12H2,1H3/t13-,17-,20+,23-/m0/s1. The Labute approximate surface area is 202 Å². The van der Waals surface area contributed by atoms with Crippen LogP contribution < -0.4 is 9.46 Å². The lowest BCUT2D eigenvalue weighted by Gasteiger charge is -2.52. The van der Waals surface area contributed by atoms with Gasteiger partial charge in [-0.3, -0.25) is 0 Å². The van der Waals surface area contributed by atoms with Gasteiger partial charge in [0.25, 0.3) is 0 Å². The molecule has 1 aliphatic heterocycles. The van der Waals surface area contributed by atoms with E-state index in [2.05, 4.69) is 4.72 Å². The van der Waals surface area contributed by atoms with Gasteiger partial charge in [0.15, 0.2) is 21.4 Å². The topological polar surface area (TPSA) is 89.5 Å². The second-order valence-corrected chi connectivity index (χ2v) is 14.0. The maximum atomic E-state index is 15.3. The van der Waals surface area contributed by atoms with Crippen LogP contribution in [-0.2, 0) is 24.6 Å². The molecule has 0 bridgehead atoms. The minimum atomic E-state index is -4.28. The summed E-state index contributed by atoms with van der Waals surface area (Å²) in [6.45, 7) is 1.55. The summed E-state index contributed by atoms with van der Waals surface area (Å²) in [5.74, 6) is -3.47. The van der Waals surface area contributed by atoms with Crippen LogP contribution >= 0.6 is 11.6 Å². The number of nitrogens with one attached hydrogen (secondary N) is 1. The Hall–Kier alpha value is -1.75. The average Bonchev–Trinajstić information content (AvgIpc) is 3.64. The highest BCUT2D eigenvalue weighted by atomic mass is 35.5. The molecule has 2 aromatic carbocycles. The van der Waals surface area contributed by atoms with Crippen LogP contribution in [0.2, 0.25) is 5.02 Å². The van der Waals surface area contributed by atoms with Gasteiger partial charge >= 0.3 is 0 Å². The Morgan fingerprint density at radius 1 is 1.00 bits per heavy atom. The zero-order valence-electron chi connectivity index (χ0n) is 18.3. The molecule has 184 valence electrons. The number of hydrogen-bond donors (Lipinski definition) is 1. The zero-order valence-corrected chi connectivity index (χ0v) is 20.7. The molecule has 6 nitrogen and oxygen atoms in total. The molecule has 11 heteroatoms. The van der Waals surface area contributed by atoms with Gasteiger partial charge in [-0.05, 0) is 68.0 Å². The van der Waals surface area contributed by atoms with Crippen LogP contribution in [0, 0.1) is 23.5 Å². The van der Waals surface area contributed by atoms with Crippen LogP contribution in [0.4, 0.5) is 8.78 Å². The van der Waals surface area contributed by atoms with Crippen molar-refractivity contribution >= 4 is 31.5 Å². The number of fused-ring (bicyclic) bond motifs is 3. The Morgan fingerprint density at radius 3 is 2.29 bits per heavy atom. The second kappa shape index (κ2) is 8.15. The lowest BCUT2D eigenvalue weighted by molar-refractivity contribution is 0.0671. The van der Waals surface area contributed by atoms with Crippen molar-refractivity contribution in [3.8, 4) is 5.75 Å². The number of ether oxygens (including phenoxy) is 1. The molecule has 1 heterocycles. The van der Waals surface area contributed by atoms with E-state index >= 15 is 4.39 Å². The highest BCUT2D eigenvalue weighted by Gasteiger charge is 2.62. The van der Waals surface area contributed by atoms with Crippen LogP contribution in [0.15, 0.2) is 41.3 Å². The van der Waals surface area contributed by atoms with Crippen molar-refractivity contribution in [3.63, 3.8) is 0 Å². The summed E-state index contributed by atoms with van der Waals surface area (Å²) in [6, 6.07) is 6.83. The van der Waals surface area contributed by atoms with E-state index in [1.165, 1.54) is 24.3 Å². The smallest absolute Gasteiger partial charge is 0.214 e. The quantitative estimate of drug-likeness (QED) is 0.625. The number of benzene rings is 2. The molecule has 2 fully saturated rings. The summed E-state index contributed by atoms with van der Waals surface area (Å²) in [7, 11) is -7.81. The SMILES string of the molecule is C[C@@H]1[C@H](NS(=O)(=O)C2CC2)CC[C@@]2(S(=O)(=O)c3ccc(Cl)cc3)c3c(F)ccc(F)c3OC[C@@H]12. The summed E-state index contributed by atoms with van der Waals surface area (Å²) in [6.07, 6.45) is 1.23. The molecule has 4 atom stereocenters. The number of sulfone groups is 1. The summed E-state index contributed by atoms with van der Waals surface area (Å²) in [5, 5.41) is -0.0942. The molecular weight excluding hydrogens is 508 g/mol. The van der Waals surface area contributed by atoms with Gasteiger partial charge < -0.3 is 4.74 Å². The van der Waals surface area contributed by atoms with Gasteiger partial charge in [-0.2, -0.15) is 0 Å². The van der Waals surface area contributed by atoms with E-state index in [1.54, 1.807) is 6.92 Å². The third-order valence-electron chi connectivity index (χ3n) is 7.47. The summed E-state index contributed by atoms with van der Waals surface area (Å²) >= 11 is 5.96. The molecule has 1 N–H and O–H groups in total. The van der Waals surface area contributed by atoms with Crippen molar-refractivity contribution < 1.29 is 30.4 Å². The van der Waals surface area contributed by atoms with Gasteiger partial charge in [0, 0.05) is 17.0 Å². The highest BCUT2D eigenvalue weighted by Crippen LogP contribution is 2.58. The molecule has 0 radical (unpaired) electrons. The number of rotatable bonds is 5. The predicted molar refractivity (Wildman–Crippen MR) is 123 cm³/mol. The third kappa shape index (κ3) is 3.56. The lowest BCUT2D eigenvalue weighted by Crippen LogP contribution is -2.59. The first-order chi connectivity index (χ1) is 16.0. The van der Waals surface area contributed by atoms with Gasteiger partial charge in [0.2, 0.25) is 10.0 Å².